The summed E-state index contributed by atoms with van der Waals surface area (Å²) in [5.74, 6) is 2.27. The van der Waals surface area contributed by atoms with Crippen molar-refractivity contribution in [1.29, 1.82) is 0 Å². The summed E-state index contributed by atoms with van der Waals surface area (Å²) in [7, 11) is 0. The number of nitrogens with two attached hydrogens (primary N) is 1. The zero-order chi connectivity index (χ0) is 15.9. The highest BCUT2D eigenvalue weighted by atomic mass is 16.5. The molecule has 2 aromatic carbocycles. The molecule has 0 atom stereocenters. The third kappa shape index (κ3) is 2.52. The first kappa shape index (κ1) is 14.8. The van der Waals surface area contributed by atoms with Gasteiger partial charge in [0.05, 0.1) is 0 Å². The van der Waals surface area contributed by atoms with E-state index >= 15 is 0 Å². The molecule has 116 valence electrons. The van der Waals surface area contributed by atoms with Gasteiger partial charge >= 0.3 is 0 Å². The number of nitrogen functional groups attached to an aromatic ring is 1. The van der Waals surface area contributed by atoms with Gasteiger partial charge in [0, 0.05) is 16.8 Å². The monoisotopic (exact) mass is 297 g/mol. The lowest BCUT2D eigenvalue weighted by Crippen LogP contribution is -2.00. The Hall–Kier alpha value is -2.16. The lowest BCUT2D eigenvalue weighted by molar-refractivity contribution is 0.452. The fourth-order valence-electron chi connectivity index (χ4n) is 3.26. The quantitative estimate of drug-likeness (QED) is 0.808. The number of phenols is 1. The molecule has 0 spiro atoms. The normalized spacial score (nSPS) is 13.5. The average Bonchev–Trinajstić information content (AvgIpc) is 2.94. The molecule has 0 bridgehead atoms. The van der Waals surface area contributed by atoms with Gasteiger partial charge in [-0.1, -0.05) is 13.8 Å². The summed E-state index contributed by atoms with van der Waals surface area (Å²) >= 11 is 0. The van der Waals surface area contributed by atoms with E-state index in [-0.39, 0.29) is 5.92 Å². The van der Waals surface area contributed by atoms with E-state index in [4.69, 9.17) is 10.5 Å². The van der Waals surface area contributed by atoms with Crippen molar-refractivity contribution >= 4 is 5.69 Å². The van der Waals surface area contributed by atoms with E-state index < -0.39 is 0 Å². The minimum Gasteiger partial charge on any atom is -0.508 e. The summed E-state index contributed by atoms with van der Waals surface area (Å²) in [4.78, 5) is 0. The maximum Gasteiger partial charge on any atom is 0.133 e. The molecule has 3 nitrogen and oxygen atoms in total. The first-order chi connectivity index (χ1) is 10.5. The van der Waals surface area contributed by atoms with Gasteiger partial charge in [0.2, 0.25) is 0 Å². The predicted octanol–water partition coefficient (Wildman–Crippen LogP) is 4.69. The number of rotatable bonds is 3. The van der Waals surface area contributed by atoms with E-state index in [2.05, 4.69) is 13.8 Å². The molecule has 2 aromatic rings. The van der Waals surface area contributed by atoms with Crippen LogP contribution in [0, 0.1) is 6.92 Å². The molecule has 3 heteroatoms. The van der Waals surface area contributed by atoms with Gasteiger partial charge in [-0.05, 0) is 67.5 Å². The molecule has 0 saturated heterocycles. The molecule has 1 aliphatic rings. The van der Waals surface area contributed by atoms with E-state index in [1.54, 1.807) is 6.07 Å². The molecule has 0 aliphatic heterocycles. The van der Waals surface area contributed by atoms with Gasteiger partial charge in [-0.2, -0.15) is 0 Å². The zero-order valence-corrected chi connectivity index (χ0v) is 13.4. The van der Waals surface area contributed by atoms with Gasteiger partial charge in [-0.25, -0.2) is 0 Å². The molecule has 3 N–H and O–H groups in total. The number of phenolic OH excluding ortho intramolecular Hbond substituents is 1. The molecule has 3 rings (SSSR count). The number of benzene rings is 2. The van der Waals surface area contributed by atoms with E-state index in [0.717, 1.165) is 47.6 Å². The van der Waals surface area contributed by atoms with Crippen LogP contribution in [0.1, 0.15) is 48.4 Å². The molecule has 22 heavy (non-hydrogen) atoms. The highest BCUT2D eigenvalue weighted by Crippen LogP contribution is 2.40. The number of fused-ring (bicyclic) bond motifs is 1. The number of aromatic hydroxyl groups is 1. The average molecular weight is 297 g/mol. The summed E-state index contributed by atoms with van der Waals surface area (Å²) in [5.41, 5.74) is 11.5. The molecule has 1 aliphatic carbocycles. The van der Waals surface area contributed by atoms with Crippen molar-refractivity contribution < 1.29 is 9.84 Å². The van der Waals surface area contributed by atoms with Crippen LogP contribution in [0.3, 0.4) is 0 Å². The van der Waals surface area contributed by atoms with Crippen LogP contribution >= 0.6 is 0 Å². The molecule has 0 saturated carbocycles. The second-order valence-electron chi connectivity index (χ2n) is 6.40. The zero-order valence-electron chi connectivity index (χ0n) is 13.4. The van der Waals surface area contributed by atoms with Crippen LogP contribution in [0.15, 0.2) is 24.3 Å². The molecule has 0 amide bonds. The fraction of sp³-hybridized carbons (Fsp3) is 0.368. The Morgan fingerprint density at radius 3 is 2.59 bits per heavy atom. The number of aryl methyl sites for hydroxylation is 1. The highest BCUT2D eigenvalue weighted by molar-refractivity contribution is 5.62. The summed E-state index contributed by atoms with van der Waals surface area (Å²) < 4.78 is 6.19. The Labute approximate surface area is 131 Å². The maximum atomic E-state index is 9.95. The van der Waals surface area contributed by atoms with Gasteiger partial charge < -0.3 is 15.6 Å². The van der Waals surface area contributed by atoms with Crippen molar-refractivity contribution in [3.63, 3.8) is 0 Å². The molecule has 0 fully saturated rings. The van der Waals surface area contributed by atoms with Gasteiger partial charge in [0.25, 0.3) is 0 Å². The van der Waals surface area contributed by atoms with Gasteiger partial charge in [-0.15, -0.1) is 0 Å². The van der Waals surface area contributed by atoms with Crippen LogP contribution < -0.4 is 10.5 Å². The standard InChI is InChI=1S/C19H23NO2/c1-11(2)16-10-13(7-8-18(16)21)22-19-12(3)9-17(20)14-5-4-6-15(14)19/h7-11,21H,4-6,20H2,1-3H3. The van der Waals surface area contributed by atoms with Crippen LogP contribution in [-0.4, -0.2) is 5.11 Å². The van der Waals surface area contributed by atoms with E-state index in [0.29, 0.717) is 5.75 Å². The lowest BCUT2D eigenvalue weighted by Gasteiger charge is -2.17. The van der Waals surface area contributed by atoms with E-state index in [9.17, 15) is 5.11 Å². The summed E-state index contributed by atoms with van der Waals surface area (Å²) in [6.45, 7) is 6.16. The summed E-state index contributed by atoms with van der Waals surface area (Å²) in [6, 6.07) is 7.45. The Kier molecular flexibility index (Phi) is 3.73. The topological polar surface area (TPSA) is 55.5 Å². The number of anilines is 1. The SMILES string of the molecule is Cc1cc(N)c2c(c1Oc1ccc(O)c(C(C)C)c1)CCC2. The Balaban J connectivity index is 2.01. The molecule has 0 aromatic heterocycles. The third-order valence-corrected chi connectivity index (χ3v) is 4.41. The van der Waals surface area contributed by atoms with Crippen LogP contribution in [0.5, 0.6) is 17.2 Å². The van der Waals surface area contributed by atoms with Crippen LogP contribution in [0.2, 0.25) is 0 Å². The Morgan fingerprint density at radius 2 is 1.86 bits per heavy atom. The smallest absolute Gasteiger partial charge is 0.133 e. The van der Waals surface area contributed by atoms with E-state index in [1.165, 1.54) is 11.1 Å². The molecule has 0 radical (unpaired) electrons. The maximum absolute atomic E-state index is 9.95. The number of hydrogen-bond donors (Lipinski definition) is 2. The van der Waals surface area contributed by atoms with Crippen molar-refractivity contribution in [3.8, 4) is 17.2 Å². The molecule has 0 heterocycles. The summed E-state index contributed by atoms with van der Waals surface area (Å²) in [6.07, 6.45) is 3.18. The van der Waals surface area contributed by atoms with Crippen LogP contribution in [0.4, 0.5) is 5.69 Å². The number of ether oxygens (including phenoxy) is 1. The van der Waals surface area contributed by atoms with Crippen LogP contribution in [-0.2, 0) is 12.8 Å². The largest absolute Gasteiger partial charge is 0.508 e. The minimum absolute atomic E-state index is 0.252. The Morgan fingerprint density at radius 1 is 1.14 bits per heavy atom. The second kappa shape index (κ2) is 5.56. The minimum atomic E-state index is 0.252. The second-order valence-corrected chi connectivity index (χ2v) is 6.40. The van der Waals surface area contributed by atoms with Crippen molar-refractivity contribution in [3.05, 3.63) is 46.5 Å². The molecule has 0 unspecified atom stereocenters. The fourth-order valence-corrected chi connectivity index (χ4v) is 3.26. The highest BCUT2D eigenvalue weighted by Gasteiger charge is 2.21. The van der Waals surface area contributed by atoms with Crippen molar-refractivity contribution in [2.45, 2.75) is 46.0 Å². The predicted molar refractivity (Wildman–Crippen MR) is 89.9 cm³/mol. The summed E-state index contributed by atoms with van der Waals surface area (Å²) in [5, 5.41) is 9.95. The van der Waals surface area contributed by atoms with Gasteiger partial charge in [-0.3, -0.25) is 0 Å². The van der Waals surface area contributed by atoms with Gasteiger partial charge in [0.15, 0.2) is 0 Å². The van der Waals surface area contributed by atoms with Crippen molar-refractivity contribution in [2.75, 3.05) is 5.73 Å². The van der Waals surface area contributed by atoms with E-state index in [1.807, 2.05) is 25.1 Å². The lowest BCUT2D eigenvalue weighted by atomic mass is 10.0. The third-order valence-electron chi connectivity index (χ3n) is 4.41. The van der Waals surface area contributed by atoms with Crippen molar-refractivity contribution in [1.82, 2.24) is 0 Å². The first-order valence-corrected chi connectivity index (χ1v) is 7.89. The van der Waals surface area contributed by atoms with Crippen molar-refractivity contribution in [2.24, 2.45) is 0 Å². The van der Waals surface area contributed by atoms with Gasteiger partial charge in [0.1, 0.15) is 17.2 Å². The Bertz CT molecular complexity index is 720. The van der Waals surface area contributed by atoms with Crippen LogP contribution in [0.25, 0.3) is 0 Å². The molecular formula is C19H23NO2. The number of hydrogen-bond acceptors (Lipinski definition) is 3. The first-order valence-electron chi connectivity index (χ1n) is 7.89. The molecular weight excluding hydrogens is 274 g/mol.